The first-order chi connectivity index (χ1) is 6.92. The van der Waals surface area contributed by atoms with Crippen LogP contribution >= 0.6 is 0 Å². The van der Waals surface area contributed by atoms with Crippen molar-refractivity contribution < 1.29 is 13.2 Å². The van der Waals surface area contributed by atoms with E-state index in [4.69, 9.17) is 5.73 Å². The fourth-order valence-corrected chi connectivity index (χ4v) is 1.29. The lowest BCUT2D eigenvalue weighted by Gasteiger charge is -2.11. The lowest BCUT2D eigenvalue weighted by atomic mass is 10.1. The highest BCUT2D eigenvalue weighted by Gasteiger charge is 2.31. The van der Waals surface area contributed by atoms with Crippen molar-refractivity contribution in [1.29, 1.82) is 0 Å². The zero-order chi connectivity index (χ0) is 11.5. The quantitative estimate of drug-likeness (QED) is 0.847. The van der Waals surface area contributed by atoms with Crippen LogP contribution in [0.3, 0.4) is 0 Å². The third kappa shape index (κ3) is 3.91. The molecule has 1 unspecified atom stereocenters. The van der Waals surface area contributed by atoms with Gasteiger partial charge in [0.1, 0.15) is 0 Å². The van der Waals surface area contributed by atoms with Gasteiger partial charge in [0.15, 0.2) is 0 Å². The van der Waals surface area contributed by atoms with Gasteiger partial charge in [-0.2, -0.15) is 18.3 Å². The van der Waals surface area contributed by atoms with Crippen molar-refractivity contribution in [1.82, 2.24) is 9.78 Å². The number of hydrogen-bond acceptors (Lipinski definition) is 2. The van der Waals surface area contributed by atoms with E-state index in [2.05, 4.69) is 5.10 Å². The summed E-state index contributed by atoms with van der Waals surface area (Å²) in [7, 11) is 0. The number of halogens is 3. The first-order valence-corrected chi connectivity index (χ1v) is 4.77. The predicted octanol–water partition coefficient (Wildman–Crippen LogP) is 2.25. The highest BCUT2D eigenvalue weighted by atomic mass is 19.4. The van der Waals surface area contributed by atoms with Crippen LogP contribution in [0.2, 0.25) is 0 Å². The largest absolute Gasteiger partial charge is 0.390 e. The summed E-state index contributed by atoms with van der Waals surface area (Å²) in [4.78, 5) is 0. The van der Waals surface area contributed by atoms with Crippen LogP contribution < -0.4 is 5.73 Å². The maximum Gasteiger partial charge on any atom is 0.390 e. The summed E-state index contributed by atoms with van der Waals surface area (Å²) in [6.07, 6.45) is -1.39. The van der Waals surface area contributed by atoms with Crippen LogP contribution in [0.1, 0.15) is 31.4 Å². The van der Waals surface area contributed by atoms with E-state index in [9.17, 15) is 13.2 Å². The van der Waals surface area contributed by atoms with E-state index in [1.165, 1.54) is 6.20 Å². The van der Waals surface area contributed by atoms with Gasteiger partial charge in [-0.15, -0.1) is 0 Å². The third-order valence-corrected chi connectivity index (χ3v) is 1.99. The molecule has 0 aliphatic heterocycles. The minimum atomic E-state index is -4.23. The van der Waals surface area contributed by atoms with Crippen molar-refractivity contribution in [3.05, 3.63) is 18.0 Å². The number of rotatable bonds is 4. The van der Waals surface area contributed by atoms with Crippen LogP contribution in [-0.2, 0) is 6.54 Å². The zero-order valence-corrected chi connectivity index (χ0v) is 8.46. The minimum absolute atomic E-state index is 0.431. The van der Waals surface area contributed by atoms with Crippen LogP contribution in [0.5, 0.6) is 0 Å². The Kier molecular flexibility index (Phi) is 3.73. The molecule has 0 bridgehead atoms. The van der Waals surface area contributed by atoms with Crippen LogP contribution in [-0.4, -0.2) is 16.0 Å². The molecule has 0 amide bonds. The molecule has 0 fully saturated rings. The van der Waals surface area contributed by atoms with E-state index in [0.29, 0.717) is 12.1 Å². The minimum Gasteiger partial charge on any atom is -0.324 e. The topological polar surface area (TPSA) is 43.8 Å². The van der Waals surface area contributed by atoms with Crippen molar-refractivity contribution >= 4 is 0 Å². The second kappa shape index (κ2) is 4.65. The van der Waals surface area contributed by atoms with Crippen LogP contribution in [0, 0.1) is 0 Å². The van der Waals surface area contributed by atoms with E-state index in [-0.39, 0.29) is 0 Å². The van der Waals surface area contributed by atoms with E-state index in [1.54, 1.807) is 10.9 Å². The molecule has 86 valence electrons. The van der Waals surface area contributed by atoms with Gasteiger partial charge in [-0.3, -0.25) is 4.68 Å². The number of aromatic nitrogens is 2. The van der Waals surface area contributed by atoms with Gasteiger partial charge in [-0.05, 0) is 6.42 Å². The molecule has 1 aromatic rings. The summed E-state index contributed by atoms with van der Waals surface area (Å²) in [5.74, 6) is 0. The van der Waals surface area contributed by atoms with Crippen molar-refractivity contribution in [2.75, 3.05) is 0 Å². The average molecular weight is 221 g/mol. The Morgan fingerprint density at radius 2 is 2.20 bits per heavy atom. The van der Waals surface area contributed by atoms with Crippen molar-refractivity contribution in [2.24, 2.45) is 5.73 Å². The van der Waals surface area contributed by atoms with Gasteiger partial charge in [-0.1, -0.05) is 6.92 Å². The second-order valence-corrected chi connectivity index (χ2v) is 3.46. The molecule has 6 heteroatoms. The maximum atomic E-state index is 12.0. The Morgan fingerprint density at radius 3 is 2.73 bits per heavy atom. The van der Waals surface area contributed by atoms with Gasteiger partial charge < -0.3 is 5.73 Å². The Labute approximate surface area is 86.1 Å². The Balaban J connectivity index is 2.61. The molecule has 1 heterocycles. The molecule has 0 aromatic carbocycles. The van der Waals surface area contributed by atoms with Gasteiger partial charge in [0.2, 0.25) is 0 Å². The molecular weight excluding hydrogens is 207 g/mol. The molecule has 0 aliphatic rings. The number of alkyl halides is 3. The lowest BCUT2D eigenvalue weighted by Crippen LogP contribution is -2.19. The first kappa shape index (κ1) is 12.0. The van der Waals surface area contributed by atoms with E-state index < -0.39 is 18.6 Å². The molecular formula is C9H14F3N3. The van der Waals surface area contributed by atoms with Gasteiger partial charge >= 0.3 is 6.18 Å². The monoisotopic (exact) mass is 221 g/mol. The summed E-state index contributed by atoms with van der Waals surface area (Å²) in [5, 5.41) is 3.93. The van der Waals surface area contributed by atoms with Gasteiger partial charge in [0, 0.05) is 24.3 Å². The summed E-state index contributed by atoms with van der Waals surface area (Å²) >= 11 is 0. The van der Waals surface area contributed by atoms with Crippen molar-refractivity contribution in [3.63, 3.8) is 0 Å². The predicted molar refractivity (Wildman–Crippen MR) is 50.1 cm³/mol. The first-order valence-electron chi connectivity index (χ1n) is 4.77. The fourth-order valence-electron chi connectivity index (χ4n) is 1.29. The average Bonchev–Trinajstić information content (AvgIpc) is 2.50. The van der Waals surface area contributed by atoms with Gasteiger partial charge in [0.05, 0.1) is 12.6 Å². The summed E-state index contributed by atoms with van der Waals surface area (Å²) in [6, 6.07) is -1.02. The van der Waals surface area contributed by atoms with E-state index in [0.717, 1.165) is 6.42 Å². The Bertz CT molecular complexity index is 306. The highest BCUT2D eigenvalue weighted by molar-refractivity contribution is 5.09. The smallest absolute Gasteiger partial charge is 0.324 e. The fraction of sp³-hybridized carbons (Fsp3) is 0.667. The number of nitrogens with zero attached hydrogens (tertiary/aromatic N) is 2. The van der Waals surface area contributed by atoms with Gasteiger partial charge in [0.25, 0.3) is 0 Å². The van der Waals surface area contributed by atoms with Crippen LogP contribution in [0.15, 0.2) is 12.4 Å². The van der Waals surface area contributed by atoms with Crippen molar-refractivity contribution in [2.45, 2.75) is 38.5 Å². The highest BCUT2D eigenvalue weighted by Crippen LogP contribution is 2.27. The molecule has 0 aliphatic carbocycles. The number of aryl methyl sites for hydroxylation is 1. The third-order valence-electron chi connectivity index (χ3n) is 1.99. The zero-order valence-electron chi connectivity index (χ0n) is 8.46. The molecule has 0 radical (unpaired) electrons. The maximum absolute atomic E-state index is 12.0. The van der Waals surface area contributed by atoms with Crippen LogP contribution in [0.4, 0.5) is 13.2 Å². The summed E-state index contributed by atoms with van der Waals surface area (Å²) in [5.41, 5.74) is 5.85. The van der Waals surface area contributed by atoms with E-state index in [1.807, 2.05) is 6.92 Å². The lowest BCUT2D eigenvalue weighted by molar-refractivity contribution is -0.138. The SMILES string of the molecule is CCCn1cc(C(N)CC(F)(F)F)cn1. The molecule has 0 saturated heterocycles. The van der Waals surface area contributed by atoms with Gasteiger partial charge in [-0.25, -0.2) is 0 Å². The molecule has 0 spiro atoms. The molecule has 0 saturated carbocycles. The van der Waals surface area contributed by atoms with Crippen molar-refractivity contribution in [3.8, 4) is 0 Å². The molecule has 2 N–H and O–H groups in total. The number of hydrogen-bond donors (Lipinski definition) is 1. The van der Waals surface area contributed by atoms with Crippen LogP contribution in [0.25, 0.3) is 0 Å². The summed E-state index contributed by atoms with van der Waals surface area (Å²) in [6.45, 7) is 2.66. The molecule has 1 atom stereocenters. The van der Waals surface area contributed by atoms with E-state index >= 15 is 0 Å². The Morgan fingerprint density at radius 1 is 1.53 bits per heavy atom. The second-order valence-electron chi connectivity index (χ2n) is 3.46. The molecule has 3 nitrogen and oxygen atoms in total. The standard InChI is InChI=1S/C9H14F3N3/c1-2-3-15-6-7(5-14-15)8(13)4-9(10,11)12/h5-6,8H,2-4,13H2,1H3. The molecule has 15 heavy (non-hydrogen) atoms. The molecule has 1 rings (SSSR count). The normalized spacial score (nSPS) is 14.2. The molecule has 1 aromatic heterocycles. The Hall–Kier alpha value is -1.04. The summed E-state index contributed by atoms with van der Waals surface area (Å²) < 4.78 is 37.7. The number of nitrogens with two attached hydrogens (primary N) is 1.